The first kappa shape index (κ1) is 40.3. The number of hydrogen-bond donors (Lipinski definition) is 4. The molecule has 14 heteroatoms. The maximum atomic E-state index is 13.6. The highest BCUT2D eigenvalue weighted by Crippen LogP contribution is 2.37. The van der Waals surface area contributed by atoms with Crippen molar-refractivity contribution in [1.29, 1.82) is 5.26 Å². The second-order valence-electron chi connectivity index (χ2n) is 17.1. The van der Waals surface area contributed by atoms with Gasteiger partial charge in [0, 0.05) is 85.6 Å². The fourth-order valence-corrected chi connectivity index (χ4v) is 9.38. The van der Waals surface area contributed by atoms with Gasteiger partial charge in [0.05, 0.1) is 35.0 Å². The molecule has 3 fully saturated rings. The summed E-state index contributed by atoms with van der Waals surface area (Å²) in [5.74, 6) is -0.369. The predicted molar refractivity (Wildman–Crippen MR) is 232 cm³/mol. The van der Waals surface area contributed by atoms with Crippen LogP contribution >= 0.6 is 0 Å². The average Bonchev–Trinajstić information content (AvgIpc) is 3.84. The van der Waals surface area contributed by atoms with Gasteiger partial charge in [-0.05, 0) is 101 Å². The number of anilines is 3. The first-order valence-corrected chi connectivity index (χ1v) is 21.2. The number of aromatic nitrogens is 2. The fraction of sp³-hybridized carbons (Fsp3) is 0.489. The number of benzene rings is 2. The first-order chi connectivity index (χ1) is 28.5. The number of rotatable bonds is 13. The van der Waals surface area contributed by atoms with Crippen LogP contribution in [0.5, 0.6) is 0 Å². The van der Waals surface area contributed by atoms with Gasteiger partial charge in [0.2, 0.25) is 5.91 Å². The van der Waals surface area contributed by atoms with Crippen LogP contribution in [0, 0.1) is 11.3 Å². The van der Waals surface area contributed by atoms with E-state index in [0.29, 0.717) is 47.1 Å². The lowest BCUT2D eigenvalue weighted by Gasteiger charge is -2.50. The molecule has 5 aliphatic rings. The third-order valence-corrected chi connectivity index (χ3v) is 12.7. The number of carbonyl (C=O) groups is 2. The van der Waals surface area contributed by atoms with E-state index < -0.39 is 5.60 Å². The Hall–Kier alpha value is -5.49. The molecule has 1 aliphatic carbocycles. The molecule has 3 aromatic rings. The van der Waals surface area contributed by atoms with Crippen LogP contribution in [-0.4, -0.2) is 111 Å². The molecular weight excluding hydrogens is 743 g/mol. The number of allylic oxidation sites excluding steroid dienone is 1. The second kappa shape index (κ2) is 17.0. The second-order valence-corrected chi connectivity index (χ2v) is 17.1. The zero-order chi connectivity index (χ0) is 41.3. The summed E-state index contributed by atoms with van der Waals surface area (Å²) in [6.07, 6.45) is 15.3. The van der Waals surface area contributed by atoms with E-state index in [1.807, 2.05) is 24.3 Å². The van der Waals surface area contributed by atoms with Gasteiger partial charge in [0.15, 0.2) is 0 Å². The highest BCUT2D eigenvalue weighted by atomic mass is 16.3. The molecule has 2 atom stereocenters. The molecule has 0 radical (unpaired) electrons. The van der Waals surface area contributed by atoms with E-state index in [1.54, 1.807) is 18.9 Å². The van der Waals surface area contributed by atoms with E-state index in [2.05, 4.69) is 90.5 Å². The molecule has 2 amide bonds. The van der Waals surface area contributed by atoms with Crippen molar-refractivity contribution in [3.63, 3.8) is 0 Å². The number of hydrogen-bond acceptors (Lipinski definition) is 11. The third-order valence-electron chi connectivity index (χ3n) is 12.7. The molecule has 4 aliphatic heterocycles. The lowest BCUT2D eigenvalue weighted by molar-refractivity contribution is -0.121. The first-order valence-electron chi connectivity index (χ1n) is 21.2. The number of piperazine rings is 1. The summed E-state index contributed by atoms with van der Waals surface area (Å²) in [6, 6.07) is 15.4. The van der Waals surface area contributed by atoms with Gasteiger partial charge in [-0.3, -0.25) is 29.1 Å². The largest absolute Gasteiger partial charge is 0.386 e. The van der Waals surface area contributed by atoms with Crippen LogP contribution in [0.2, 0.25) is 0 Å². The minimum Gasteiger partial charge on any atom is -0.386 e. The van der Waals surface area contributed by atoms with E-state index in [9.17, 15) is 20.0 Å². The van der Waals surface area contributed by atoms with Crippen LogP contribution in [0.4, 0.5) is 17.1 Å². The van der Waals surface area contributed by atoms with E-state index in [4.69, 9.17) is 5.10 Å². The molecule has 0 spiro atoms. The standard InChI is InChI=1S/C45H57N11O3/c1-5-7-39(43(57)47-6-2)49-32-8-10-34(11-9-32)54-28-37(29-54)53-20-18-52(19-21-53)33-12-14-35(15-13-33)55-27-31-23-41(38(45(3,4)59)24-40(31)51-55)50-44(58)42-17-16-36-22-30(25-46)26-48-56(36)42/h6,8-11,17,22-24,26-27,33,35-37,39,49,59H,2,5,7,12-16,18-21,28-29H2,1,3-4H3,(H,47,57)(H,50,58). The minimum absolute atomic E-state index is 0.0581. The van der Waals surface area contributed by atoms with Crippen LogP contribution in [0.1, 0.15) is 77.3 Å². The Kier molecular flexibility index (Phi) is 11.6. The molecule has 1 aromatic heterocycles. The Labute approximate surface area is 346 Å². The molecule has 2 unspecified atom stereocenters. The molecule has 5 heterocycles. The summed E-state index contributed by atoms with van der Waals surface area (Å²) in [5.41, 5.74) is 3.80. The van der Waals surface area contributed by atoms with Crippen LogP contribution < -0.4 is 20.9 Å². The third kappa shape index (κ3) is 8.64. The SMILES string of the molecule is C=CNC(=O)C(CCC)Nc1ccc(N2CC(N3CCN(C4CCC(n5cc6cc(NC(=O)C7=CCC8C=C(C#N)C=NN78)c(C(C)(C)O)cc6n5)CC4)CC3)C2)cc1. The van der Waals surface area contributed by atoms with Gasteiger partial charge in [-0.1, -0.05) is 26.0 Å². The summed E-state index contributed by atoms with van der Waals surface area (Å²) in [4.78, 5) is 33.8. The number of hydrazone groups is 1. The van der Waals surface area contributed by atoms with Crippen molar-refractivity contribution in [1.82, 2.24) is 29.9 Å². The van der Waals surface area contributed by atoms with Crippen LogP contribution in [-0.2, 0) is 15.2 Å². The van der Waals surface area contributed by atoms with Gasteiger partial charge in [0.25, 0.3) is 5.91 Å². The summed E-state index contributed by atoms with van der Waals surface area (Å²) < 4.78 is 2.10. The summed E-state index contributed by atoms with van der Waals surface area (Å²) in [6.45, 7) is 15.6. The quantitative estimate of drug-likeness (QED) is 0.176. The van der Waals surface area contributed by atoms with Crippen LogP contribution in [0.3, 0.4) is 0 Å². The Balaban J connectivity index is 0.814. The van der Waals surface area contributed by atoms with Crippen molar-refractivity contribution in [2.75, 3.05) is 54.8 Å². The average molecular weight is 800 g/mol. The van der Waals surface area contributed by atoms with Crippen LogP contribution in [0.15, 0.2) is 83.9 Å². The lowest BCUT2D eigenvalue weighted by atomic mass is 9.89. The number of amides is 2. The number of nitriles is 1. The summed E-state index contributed by atoms with van der Waals surface area (Å²) in [7, 11) is 0. The van der Waals surface area contributed by atoms with Crippen molar-refractivity contribution in [3.8, 4) is 6.07 Å². The highest BCUT2D eigenvalue weighted by molar-refractivity contribution is 6.05. The molecule has 59 heavy (non-hydrogen) atoms. The van der Waals surface area contributed by atoms with Gasteiger partial charge < -0.3 is 26.0 Å². The normalized spacial score (nSPS) is 23.1. The molecule has 1 saturated carbocycles. The lowest BCUT2D eigenvalue weighted by Crippen LogP contribution is -2.64. The Morgan fingerprint density at radius 1 is 1.03 bits per heavy atom. The van der Waals surface area contributed by atoms with Gasteiger partial charge >= 0.3 is 0 Å². The number of aliphatic hydroxyl groups is 1. The van der Waals surface area contributed by atoms with Crippen molar-refractivity contribution >= 4 is 46.0 Å². The highest BCUT2D eigenvalue weighted by Gasteiger charge is 2.37. The van der Waals surface area contributed by atoms with E-state index in [0.717, 1.165) is 94.4 Å². The summed E-state index contributed by atoms with van der Waals surface area (Å²) in [5, 5.41) is 41.5. The van der Waals surface area contributed by atoms with Crippen molar-refractivity contribution in [2.24, 2.45) is 5.10 Å². The number of carbonyl (C=O) groups excluding carboxylic acids is 2. The van der Waals surface area contributed by atoms with Crippen LogP contribution in [0.25, 0.3) is 10.9 Å². The molecule has 2 aromatic carbocycles. The van der Waals surface area contributed by atoms with Crippen molar-refractivity contribution in [2.45, 2.75) is 102 Å². The molecule has 14 nitrogen and oxygen atoms in total. The molecule has 310 valence electrons. The molecule has 8 rings (SSSR count). The topological polar surface area (TPSA) is 157 Å². The van der Waals surface area contributed by atoms with Gasteiger partial charge in [-0.15, -0.1) is 0 Å². The molecular formula is C45H57N11O3. The number of fused-ring (bicyclic) bond motifs is 2. The minimum atomic E-state index is -1.21. The van der Waals surface area contributed by atoms with Gasteiger partial charge in [-0.2, -0.15) is 15.5 Å². The van der Waals surface area contributed by atoms with E-state index in [-0.39, 0.29) is 23.9 Å². The molecule has 0 bridgehead atoms. The zero-order valence-electron chi connectivity index (χ0n) is 34.5. The van der Waals surface area contributed by atoms with E-state index >= 15 is 0 Å². The predicted octanol–water partition coefficient (Wildman–Crippen LogP) is 5.44. The smallest absolute Gasteiger partial charge is 0.273 e. The Morgan fingerprint density at radius 3 is 2.39 bits per heavy atom. The van der Waals surface area contributed by atoms with E-state index in [1.165, 1.54) is 18.1 Å². The number of nitrogens with zero attached hydrogens (tertiary/aromatic N) is 8. The van der Waals surface area contributed by atoms with Gasteiger partial charge in [-0.25, -0.2) is 0 Å². The maximum absolute atomic E-state index is 13.6. The fourth-order valence-electron chi connectivity index (χ4n) is 9.38. The zero-order valence-corrected chi connectivity index (χ0v) is 34.5. The maximum Gasteiger partial charge on any atom is 0.273 e. The number of nitrogens with one attached hydrogen (secondary N) is 3. The van der Waals surface area contributed by atoms with Crippen molar-refractivity contribution < 1.29 is 14.7 Å². The molecule has 2 saturated heterocycles. The molecule has 4 N–H and O–H groups in total. The monoisotopic (exact) mass is 799 g/mol. The van der Waals surface area contributed by atoms with Gasteiger partial charge in [0.1, 0.15) is 17.8 Å². The Bertz CT molecular complexity index is 2170. The van der Waals surface area contributed by atoms with Crippen molar-refractivity contribution in [3.05, 3.63) is 84.4 Å². The summed E-state index contributed by atoms with van der Waals surface area (Å²) >= 11 is 0. The Morgan fingerprint density at radius 2 is 1.73 bits per heavy atom.